The van der Waals surface area contributed by atoms with Crippen LogP contribution in [-0.4, -0.2) is 43.7 Å². The highest BCUT2D eigenvalue weighted by molar-refractivity contribution is 7.89. The number of halogens is 1. The van der Waals surface area contributed by atoms with Gasteiger partial charge in [-0.3, -0.25) is 9.59 Å². The average molecular weight is 492 g/mol. The number of amides is 2. The molecule has 0 bridgehead atoms. The second-order valence-corrected chi connectivity index (χ2v) is 10.8. The van der Waals surface area contributed by atoms with Gasteiger partial charge in [0.25, 0.3) is 5.91 Å². The quantitative estimate of drug-likeness (QED) is 0.678. The number of ether oxygens (including phenoxy) is 1. The Morgan fingerprint density at radius 3 is 2.79 bits per heavy atom. The second-order valence-electron chi connectivity index (χ2n) is 8.47. The first-order valence-corrected chi connectivity index (χ1v) is 12.6. The molecule has 2 aromatic carbocycles. The van der Waals surface area contributed by atoms with Crippen molar-refractivity contribution in [3.63, 3.8) is 0 Å². The standard InChI is InChI=1S/C23H26ClN3O5S/c1-13-10-19-20(32-15(3)22(28)26-19)11-21(13)33(30,31)27-9-5-6-16(12-27)23(29)25-18-8-4-7-17(24)14(18)2/h4,7-8,10-11,15-16H,5-6,9,12H2,1-3H3,(H,25,29)(H,26,28). The van der Waals surface area contributed by atoms with Crippen LogP contribution in [0.15, 0.2) is 35.2 Å². The molecule has 2 N–H and O–H groups in total. The number of anilines is 2. The third kappa shape index (κ3) is 4.58. The van der Waals surface area contributed by atoms with Crippen molar-refractivity contribution in [3.8, 4) is 5.75 Å². The number of piperidine rings is 1. The van der Waals surface area contributed by atoms with E-state index in [0.29, 0.717) is 47.1 Å². The number of aryl methyl sites for hydroxylation is 1. The molecule has 2 atom stereocenters. The smallest absolute Gasteiger partial charge is 0.265 e. The zero-order chi connectivity index (χ0) is 23.9. The summed E-state index contributed by atoms with van der Waals surface area (Å²) >= 11 is 6.14. The molecule has 2 aliphatic heterocycles. The molecule has 4 rings (SSSR count). The lowest BCUT2D eigenvalue weighted by molar-refractivity contribution is -0.123. The molecule has 2 aromatic rings. The number of carbonyl (C=O) groups is 2. The van der Waals surface area contributed by atoms with Crippen LogP contribution in [0.4, 0.5) is 11.4 Å². The first kappa shape index (κ1) is 23.5. The maximum atomic E-state index is 13.5. The molecule has 1 fully saturated rings. The monoisotopic (exact) mass is 491 g/mol. The molecular formula is C23H26ClN3O5S. The minimum absolute atomic E-state index is 0.0816. The number of carbonyl (C=O) groups excluding carboxylic acids is 2. The number of sulfonamides is 1. The van der Waals surface area contributed by atoms with Crippen LogP contribution in [0.3, 0.4) is 0 Å². The van der Waals surface area contributed by atoms with Crippen LogP contribution >= 0.6 is 11.6 Å². The van der Waals surface area contributed by atoms with Crippen LogP contribution in [0.5, 0.6) is 5.75 Å². The molecular weight excluding hydrogens is 466 g/mol. The molecule has 2 amide bonds. The summed E-state index contributed by atoms with van der Waals surface area (Å²) < 4.78 is 33.9. The number of rotatable bonds is 4. The molecule has 10 heteroatoms. The highest BCUT2D eigenvalue weighted by atomic mass is 35.5. The summed E-state index contributed by atoms with van der Waals surface area (Å²) in [5.41, 5.74) is 2.32. The zero-order valence-electron chi connectivity index (χ0n) is 18.6. The average Bonchev–Trinajstić information content (AvgIpc) is 2.77. The van der Waals surface area contributed by atoms with Crippen molar-refractivity contribution in [2.24, 2.45) is 5.92 Å². The fraction of sp³-hybridized carbons (Fsp3) is 0.391. The second kappa shape index (κ2) is 8.96. The summed E-state index contributed by atoms with van der Waals surface area (Å²) in [6, 6.07) is 8.33. The van der Waals surface area contributed by atoms with Crippen LogP contribution in [-0.2, 0) is 19.6 Å². The molecule has 2 heterocycles. The summed E-state index contributed by atoms with van der Waals surface area (Å²) in [5.74, 6) is -0.686. The summed E-state index contributed by atoms with van der Waals surface area (Å²) in [4.78, 5) is 24.9. The van der Waals surface area contributed by atoms with E-state index in [2.05, 4.69) is 10.6 Å². The van der Waals surface area contributed by atoms with Crippen LogP contribution < -0.4 is 15.4 Å². The number of hydrogen-bond donors (Lipinski definition) is 2. The van der Waals surface area contributed by atoms with Gasteiger partial charge in [0.15, 0.2) is 6.10 Å². The fourth-order valence-electron chi connectivity index (χ4n) is 4.11. The van der Waals surface area contributed by atoms with Crippen molar-refractivity contribution in [2.75, 3.05) is 23.7 Å². The number of fused-ring (bicyclic) bond motifs is 1. The van der Waals surface area contributed by atoms with Crippen LogP contribution in [0.2, 0.25) is 5.02 Å². The minimum atomic E-state index is -3.87. The number of nitrogens with one attached hydrogen (secondary N) is 2. The SMILES string of the molecule is Cc1cc2c(cc1S(=O)(=O)N1CCCC(C(=O)Nc3cccc(Cl)c3C)C1)OC(C)C(=O)N2. The zero-order valence-corrected chi connectivity index (χ0v) is 20.2. The van der Waals surface area contributed by atoms with Gasteiger partial charge in [0.05, 0.1) is 16.5 Å². The Morgan fingerprint density at radius 1 is 1.27 bits per heavy atom. The lowest BCUT2D eigenvalue weighted by atomic mass is 9.98. The Kier molecular flexibility index (Phi) is 6.39. The molecule has 1 saturated heterocycles. The molecule has 0 aliphatic carbocycles. The lowest BCUT2D eigenvalue weighted by Gasteiger charge is -2.32. The first-order valence-electron chi connectivity index (χ1n) is 10.8. The Labute approximate surface area is 198 Å². The van der Waals surface area contributed by atoms with E-state index in [1.807, 2.05) is 6.92 Å². The van der Waals surface area contributed by atoms with Gasteiger partial charge in [-0.15, -0.1) is 0 Å². The molecule has 176 valence electrons. The predicted octanol–water partition coefficient (Wildman–Crippen LogP) is 3.72. The molecule has 2 aliphatic rings. The van der Waals surface area contributed by atoms with Gasteiger partial charge in [0.2, 0.25) is 15.9 Å². The van der Waals surface area contributed by atoms with E-state index in [0.717, 1.165) is 5.56 Å². The van der Waals surface area contributed by atoms with Crippen molar-refractivity contribution in [1.82, 2.24) is 4.31 Å². The van der Waals surface area contributed by atoms with Crippen molar-refractivity contribution in [3.05, 3.63) is 46.5 Å². The van der Waals surface area contributed by atoms with E-state index in [1.165, 1.54) is 10.4 Å². The Balaban J connectivity index is 1.55. The third-order valence-corrected chi connectivity index (χ3v) is 8.52. The van der Waals surface area contributed by atoms with Crippen LogP contribution in [0, 0.1) is 19.8 Å². The normalized spacial score (nSPS) is 21.0. The lowest BCUT2D eigenvalue weighted by Crippen LogP contribution is -2.44. The number of nitrogens with zero attached hydrogens (tertiary/aromatic N) is 1. The Bertz CT molecular complexity index is 1230. The summed E-state index contributed by atoms with van der Waals surface area (Å²) in [7, 11) is -3.87. The first-order chi connectivity index (χ1) is 15.6. The molecule has 0 aromatic heterocycles. The topological polar surface area (TPSA) is 105 Å². The van der Waals surface area contributed by atoms with Gasteiger partial charge >= 0.3 is 0 Å². The van der Waals surface area contributed by atoms with Crippen molar-refractivity contribution in [1.29, 1.82) is 0 Å². The van der Waals surface area contributed by atoms with Gasteiger partial charge in [-0.25, -0.2) is 8.42 Å². The van der Waals surface area contributed by atoms with Crippen LogP contribution in [0.25, 0.3) is 0 Å². The van der Waals surface area contributed by atoms with Gasteiger partial charge in [-0.1, -0.05) is 17.7 Å². The van der Waals surface area contributed by atoms with Crippen molar-refractivity contribution >= 4 is 44.8 Å². The van der Waals surface area contributed by atoms with E-state index >= 15 is 0 Å². The van der Waals surface area contributed by atoms with E-state index in [1.54, 1.807) is 38.1 Å². The third-order valence-electron chi connectivity index (χ3n) is 6.11. The Morgan fingerprint density at radius 2 is 2.03 bits per heavy atom. The highest BCUT2D eigenvalue weighted by Gasteiger charge is 2.35. The van der Waals surface area contributed by atoms with Crippen LogP contribution in [0.1, 0.15) is 30.9 Å². The molecule has 0 spiro atoms. The van der Waals surface area contributed by atoms with E-state index < -0.39 is 22.0 Å². The fourth-order valence-corrected chi connectivity index (χ4v) is 6.03. The highest BCUT2D eigenvalue weighted by Crippen LogP contribution is 2.36. The molecule has 0 radical (unpaired) electrons. The predicted molar refractivity (Wildman–Crippen MR) is 126 cm³/mol. The summed E-state index contributed by atoms with van der Waals surface area (Å²) in [5, 5.41) is 6.17. The summed E-state index contributed by atoms with van der Waals surface area (Å²) in [6.45, 7) is 5.50. The van der Waals surface area contributed by atoms with Gasteiger partial charge in [-0.2, -0.15) is 4.31 Å². The van der Waals surface area contributed by atoms with E-state index in [-0.39, 0.29) is 23.3 Å². The van der Waals surface area contributed by atoms with Gasteiger partial charge in [0.1, 0.15) is 5.75 Å². The van der Waals surface area contributed by atoms with Gasteiger partial charge in [0, 0.05) is 29.9 Å². The van der Waals surface area contributed by atoms with Gasteiger partial charge in [-0.05, 0) is 62.9 Å². The largest absolute Gasteiger partial charge is 0.479 e. The van der Waals surface area contributed by atoms with Crippen molar-refractivity contribution in [2.45, 2.75) is 44.6 Å². The maximum Gasteiger partial charge on any atom is 0.265 e. The minimum Gasteiger partial charge on any atom is -0.479 e. The maximum absolute atomic E-state index is 13.5. The molecule has 8 nitrogen and oxygen atoms in total. The summed E-state index contributed by atoms with van der Waals surface area (Å²) in [6.07, 6.45) is 0.445. The van der Waals surface area contributed by atoms with Crippen molar-refractivity contribution < 1.29 is 22.7 Å². The van der Waals surface area contributed by atoms with E-state index in [4.69, 9.17) is 16.3 Å². The number of hydrogen-bond acceptors (Lipinski definition) is 5. The van der Waals surface area contributed by atoms with E-state index in [9.17, 15) is 18.0 Å². The Hall–Kier alpha value is -2.62. The molecule has 33 heavy (non-hydrogen) atoms. The number of benzene rings is 2. The molecule has 2 unspecified atom stereocenters. The van der Waals surface area contributed by atoms with Gasteiger partial charge < -0.3 is 15.4 Å². The molecule has 0 saturated carbocycles.